The van der Waals surface area contributed by atoms with E-state index in [2.05, 4.69) is 9.80 Å². The number of carbonyl (C=O) groups excluding carboxylic acids is 1. The van der Waals surface area contributed by atoms with Gasteiger partial charge in [-0.25, -0.2) is 0 Å². The average molecular weight is 332 g/mol. The minimum absolute atomic E-state index is 0.269. The van der Waals surface area contributed by atoms with Crippen molar-refractivity contribution >= 4 is 5.91 Å². The first-order valence-corrected chi connectivity index (χ1v) is 8.93. The molecule has 0 spiro atoms. The minimum atomic E-state index is 0.269. The first-order valence-electron chi connectivity index (χ1n) is 8.93. The van der Waals surface area contributed by atoms with Crippen LogP contribution in [0.15, 0.2) is 18.2 Å². The largest absolute Gasteiger partial charge is 0.497 e. The molecule has 2 heterocycles. The van der Waals surface area contributed by atoms with Gasteiger partial charge >= 0.3 is 0 Å². The number of fused-ring (bicyclic) bond motifs is 1. The fourth-order valence-corrected chi connectivity index (χ4v) is 3.85. The van der Waals surface area contributed by atoms with Gasteiger partial charge in [0.15, 0.2) is 0 Å². The van der Waals surface area contributed by atoms with Gasteiger partial charge in [-0.05, 0) is 49.9 Å². The summed E-state index contributed by atoms with van der Waals surface area (Å²) in [4.78, 5) is 17.3. The van der Waals surface area contributed by atoms with Crippen LogP contribution >= 0.6 is 0 Å². The lowest BCUT2D eigenvalue weighted by Gasteiger charge is -2.25. The van der Waals surface area contributed by atoms with E-state index < -0.39 is 0 Å². The summed E-state index contributed by atoms with van der Waals surface area (Å²) in [6.45, 7) is 4.14. The molecular formula is C19H28N2O3. The van der Waals surface area contributed by atoms with E-state index in [9.17, 15) is 4.79 Å². The molecule has 0 N–H and O–H groups in total. The highest BCUT2D eigenvalue weighted by atomic mass is 16.5. The van der Waals surface area contributed by atoms with Crippen molar-refractivity contribution in [2.45, 2.75) is 38.1 Å². The zero-order valence-corrected chi connectivity index (χ0v) is 14.8. The van der Waals surface area contributed by atoms with E-state index in [0.717, 1.165) is 49.5 Å². The summed E-state index contributed by atoms with van der Waals surface area (Å²) in [6, 6.07) is 6.40. The maximum Gasteiger partial charge on any atom is 0.222 e. The topological polar surface area (TPSA) is 42.0 Å². The second-order valence-corrected chi connectivity index (χ2v) is 6.75. The predicted octanol–water partition coefficient (Wildman–Crippen LogP) is 2.33. The van der Waals surface area contributed by atoms with Crippen molar-refractivity contribution in [3.05, 3.63) is 23.8 Å². The highest BCUT2D eigenvalue weighted by Gasteiger charge is 2.30. The highest BCUT2D eigenvalue weighted by Crippen LogP contribution is 2.24. The third-order valence-electron chi connectivity index (χ3n) is 5.20. The number of hydrogen-bond donors (Lipinski definition) is 0. The molecule has 2 saturated heterocycles. The van der Waals surface area contributed by atoms with Crippen molar-refractivity contribution in [1.82, 2.24) is 9.80 Å². The predicted molar refractivity (Wildman–Crippen MR) is 93.7 cm³/mol. The Morgan fingerprint density at radius 3 is 2.50 bits per heavy atom. The number of carbonyl (C=O) groups is 1. The lowest BCUT2D eigenvalue weighted by Crippen LogP contribution is -2.39. The molecule has 3 rings (SSSR count). The van der Waals surface area contributed by atoms with Gasteiger partial charge in [0.2, 0.25) is 5.91 Å². The number of benzene rings is 1. The van der Waals surface area contributed by atoms with Crippen molar-refractivity contribution < 1.29 is 14.3 Å². The molecule has 0 saturated carbocycles. The van der Waals surface area contributed by atoms with Crippen LogP contribution in [-0.4, -0.2) is 62.1 Å². The van der Waals surface area contributed by atoms with Crippen LogP contribution in [0.25, 0.3) is 0 Å². The van der Waals surface area contributed by atoms with Gasteiger partial charge in [0.05, 0.1) is 14.2 Å². The molecule has 0 aromatic heterocycles. The molecule has 0 aliphatic carbocycles. The second-order valence-electron chi connectivity index (χ2n) is 6.75. The first kappa shape index (κ1) is 17.1. The number of ether oxygens (including phenoxy) is 2. The standard InChI is InChI=1S/C19H28N2O3/c1-23-17-11-15(12-18(13-17)24-2)6-7-19(22)21-10-4-9-20-8-3-5-16(20)14-21/h11-13,16H,3-10,14H2,1-2H3/t16-/m0/s1. The van der Waals surface area contributed by atoms with Crippen molar-refractivity contribution in [2.24, 2.45) is 0 Å². The molecular weight excluding hydrogens is 304 g/mol. The van der Waals surface area contributed by atoms with E-state index in [-0.39, 0.29) is 5.91 Å². The molecule has 0 radical (unpaired) electrons. The van der Waals surface area contributed by atoms with Crippen LogP contribution in [0.1, 0.15) is 31.2 Å². The van der Waals surface area contributed by atoms with Gasteiger partial charge in [-0.15, -0.1) is 0 Å². The second kappa shape index (κ2) is 7.88. The Hall–Kier alpha value is -1.75. The maximum absolute atomic E-state index is 12.7. The molecule has 1 aromatic rings. The summed E-state index contributed by atoms with van der Waals surface area (Å²) >= 11 is 0. The third kappa shape index (κ3) is 4.01. The number of aryl methyl sites for hydroxylation is 1. The monoisotopic (exact) mass is 332 g/mol. The van der Waals surface area contributed by atoms with Crippen LogP contribution in [0, 0.1) is 0 Å². The molecule has 5 heteroatoms. The van der Waals surface area contributed by atoms with Gasteiger partial charge in [-0.1, -0.05) is 0 Å². The molecule has 2 fully saturated rings. The number of nitrogens with zero attached hydrogens (tertiary/aromatic N) is 2. The lowest BCUT2D eigenvalue weighted by molar-refractivity contribution is -0.131. The van der Waals surface area contributed by atoms with Crippen LogP contribution in [0.2, 0.25) is 0 Å². The minimum Gasteiger partial charge on any atom is -0.497 e. The molecule has 24 heavy (non-hydrogen) atoms. The summed E-state index contributed by atoms with van der Waals surface area (Å²) in [6.07, 6.45) is 4.86. The zero-order chi connectivity index (χ0) is 16.9. The highest BCUT2D eigenvalue weighted by molar-refractivity contribution is 5.76. The van der Waals surface area contributed by atoms with Crippen LogP contribution in [-0.2, 0) is 11.2 Å². The van der Waals surface area contributed by atoms with E-state index in [0.29, 0.717) is 12.5 Å². The summed E-state index contributed by atoms with van der Waals surface area (Å²) in [5.74, 6) is 1.81. The van der Waals surface area contributed by atoms with E-state index >= 15 is 0 Å². The van der Waals surface area contributed by atoms with E-state index in [4.69, 9.17) is 9.47 Å². The summed E-state index contributed by atoms with van der Waals surface area (Å²) in [5, 5.41) is 0. The molecule has 5 nitrogen and oxygen atoms in total. The molecule has 0 bridgehead atoms. The van der Waals surface area contributed by atoms with Crippen LogP contribution in [0.5, 0.6) is 11.5 Å². The third-order valence-corrected chi connectivity index (χ3v) is 5.20. The van der Waals surface area contributed by atoms with Gasteiger partial charge < -0.3 is 14.4 Å². The fraction of sp³-hybridized carbons (Fsp3) is 0.632. The number of amides is 1. The summed E-state index contributed by atoms with van der Waals surface area (Å²) in [7, 11) is 3.29. The van der Waals surface area contributed by atoms with Gasteiger partial charge in [0.1, 0.15) is 11.5 Å². The fourth-order valence-electron chi connectivity index (χ4n) is 3.85. The van der Waals surface area contributed by atoms with Gasteiger partial charge in [-0.2, -0.15) is 0 Å². The number of hydrogen-bond acceptors (Lipinski definition) is 4. The zero-order valence-electron chi connectivity index (χ0n) is 14.8. The Bertz CT molecular complexity index is 553. The number of rotatable bonds is 5. The van der Waals surface area contributed by atoms with Crippen LogP contribution in [0.3, 0.4) is 0 Å². The Morgan fingerprint density at radius 2 is 1.79 bits per heavy atom. The molecule has 1 aromatic carbocycles. The maximum atomic E-state index is 12.7. The molecule has 1 atom stereocenters. The molecule has 0 unspecified atom stereocenters. The van der Waals surface area contributed by atoms with Crippen molar-refractivity contribution in [3.8, 4) is 11.5 Å². The van der Waals surface area contributed by atoms with Gasteiger partial charge in [0, 0.05) is 38.2 Å². The quantitative estimate of drug-likeness (QED) is 0.830. The SMILES string of the molecule is COc1cc(CCC(=O)N2CCCN3CCC[C@H]3C2)cc(OC)c1. The first-order chi connectivity index (χ1) is 11.7. The van der Waals surface area contributed by atoms with Crippen LogP contribution in [0.4, 0.5) is 0 Å². The summed E-state index contributed by atoms with van der Waals surface area (Å²) < 4.78 is 10.6. The van der Waals surface area contributed by atoms with Gasteiger partial charge in [0.25, 0.3) is 0 Å². The Morgan fingerprint density at radius 1 is 1.08 bits per heavy atom. The molecule has 1 amide bonds. The molecule has 2 aliphatic rings. The van der Waals surface area contributed by atoms with Crippen LogP contribution < -0.4 is 9.47 Å². The normalized spacial score (nSPS) is 21.2. The van der Waals surface area contributed by atoms with Crippen molar-refractivity contribution in [3.63, 3.8) is 0 Å². The average Bonchev–Trinajstić information content (AvgIpc) is 2.95. The summed E-state index contributed by atoms with van der Waals surface area (Å²) in [5.41, 5.74) is 1.08. The molecule has 132 valence electrons. The van der Waals surface area contributed by atoms with Crippen molar-refractivity contribution in [2.75, 3.05) is 40.4 Å². The molecule has 2 aliphatic heterocycles. The Balaban J connectivity index is 1.58. The Kier molecular flexibility index (Phi) is 5.61. The lowest BCUT2D eigenvalue weighted by atomic mass is 10.1. The smallest absolute Gasteiger partial charge is 0.222 e. The Labute approximate surface area is 144 Å². The van der Waals surface area contributed by atoms with E-state index in [1.165, 1.54) is 19.4 Å². The number of methoxy groups -OCH3 is 2. The van der Waals surface area contributed by atoms with Gasteiger partial charge in [-0.3, -0.25) is 9.69 Å². The van der Waals surface area contributed by atoms with Crippen molar-refractivity contribution in [1.29, 1.82) is 0 Å². The van der Waals surface area contributed by atoms with E-state index in [1.54, 1.807) is 14.2 Å². The van der Waals surface area contributed by atoms with E-state index in [1.807, 2.05) is 18.2 Å².